The summed E-state index contributed by atoms with van der Waals surface area (Å²) in [6.07, 6.45) is 0. The third-order valence-corrected chi connectivity index (χ3v) is 4.81. The van der Waals surface area contributed by atoms with Crippen molar-refractivity contribution in [3.8, 4) is 5.75 Å². The summed E-state index contributed by atoms with van der Waals surface area (Å²) in [5.74, 6) is 0.140. The van der Waals surface area contributed by atoms with Gasteiger partial charge in [-0.15, -0.1) is 0 Å². The van der Waals surface area contributed by atoms with E-state index in [1.54, 1.807) is 23.1 Å². The fourth-order valence-corrected chi connectivity index (χ4v) is 3.30. The first-order chi connectivity index (χ1) is 12.2. The van der Waals surface area contributed by atoms with E-state index in [0.717, 1.165) is 22.5 Å². The summed E-state index contributed by atoms with van der Waals surface area (Å²) in [6.45, 7) is 10.9. The Morgan fingerprint density at radius 1 is 1.12 bits per heavy atom. The van der Waals surface area contributed by atoms with Crippen molar-refractivity contribution < 1.29 is 9.90 Å². The zero-order valence-electron chi connectivity index (χ0n) is 16.1. The van der Waals surface area contributed by atoms with Gasteiger partial charge in [-0.25, -0.2) is 0 Å². The lowest BCUT2D eigenvalue weighted by molar-refractivity contribution is -0.119. The van der Waals surface area contributed by atoms with E-state index in [1.807, 2.05) is 26.0 Å². The van der Waals surface area contributed by atoms with Gasteiger partial charge in [0.1, 0.15) is 11.8 Å². The average Bonchev–Trinajstić information content (AvgIpc) is 2.69. The van der Waals surface area contributed by atoms with Gasteiger partial charge in [0.15, 0.2) is 0 Å². The fourth-order valence-electron chi connectivity index (χ4n) is 3.30. The number of hydrogen-bond donors (Lipinski definition) is 1. The maximum atomic E-state index is 12.7. The fraction of sp³-hybridized carbons (Fsp3) is 0.364. The maximum Gasteiger partial charge on any atom is 0.251 e. The van der Waals surface area contributed by atoms with Crippen LogP contribution in [0, 0.1) is 0 Å². The first-order valence-corrected chi connectivity index (χ1v) is 9.06. The number of fused-ring (bicyclic) bond motifs is 1. The molecule has 4 nitrogen and oxygen atoms in total. The number of aromatic hydroxyl groups is 1. The number of hydrogen-bond acceptors (Lipinski definition) is 3. The number of amides is 1. The Hall–Kier alpha value is -2.62. The van der Waals surface area contributed by atoms with Crippen LogP contribution >= 0.6 is 0 Å². The van der Waals surface area contributed by atoms with E-state index in [2.05, 4.69) is 32.9 Å². The Labute approximate surface area is 155 Å². The second kappa shape index (κ2) is 6.60. The molecule has 0 fully saturated rings. The van der Waals surface area contributed by atoms with Gasteiger partial charge in [-0.05, 0) is 43.0 Å². The Kier molecular flexibility index (Phi) is 4.61. The second-order valence-electron chi connectivity index (χ2n) is 7.76. The highest BCUT2D eigenvalue weighted by molar-refractivity contribution is 6.20. The van der Waals surface area contributed by atoms with Gasteiger partial charge in [-0.2, -0.15) is 0 Å². The molecule has 1 atom stereocenters. The molecule has 0 aromatic heterocycles. The van der Waals surface area contributed by atoms with Gasteiger partial charge < -0.3 is 10.0 Å². The molecular weight excluding hydrogens is 324 g/mol. The van der Waals surface area contributed by atoms with Gasteiger partial charge in [-0.1, -0.05) is 45.0 Å². The smallest absolute Gasteiger partial charge is 0.251 e. The molecule has 1 amide bonds. The highest BCUT2D eigenvalue weighted by Gasteiger charge is 2.29. The molecule has 0 bridgehead atoms. The summed E-state index contributed by atoms with van der Waals surface area (Å²) in [6, 6.07) is 12.9. The van der Waals surface area contributed by atoms with Crippen LogP contribution < -0.4 is 4.90 Å². The van der Waals surface area contributed by atoms with Crippen LogP contribution in [0.5, 0.6) is 5.75 Å². The van der Waals surface area contributed by atoms with Gasteiger partial charge in [0, 0.05) is 17.7 Å². The first kappa shape index (κ1) is 18.2. The molecular formula is C22H26N2O2. The van der Waals surface area contributed by atoms with Gasteiger partial charge in [0.2, 0.25) is 0 Å². The molecule has 0 unspecified atom stereocenters. The minimum atomic E-state index is -0.471. The summed E-state index contributed by atoms with van der Waals surface area (Å²) in [4.78, 5) is 19.2. The van der Waals surface area contributed by atoms with Crippen molar-refractivity contribution in [3.63, 3.8) is 0 Å². The van der Waals surface area contributed by atoms with Gasteiger partial charge in [0.25, 0.3) is 5.91 Å². The van der Waals surface area contributed by atoms with Crippen LogP contribution in [0.3, 0.4) is 0 Å². The standard InChI is InChI=1S/C22H26N2O2/c1-6-24-19-12-11-17(25)13-18(19)20(23-14(2)21(24)26)15-7-9-16(10-8-15)22(3,4)5/h7-14,25H,6H2,1-5H3/t14-/m0/s1. The van der Waals surface area contributed by atoms with E-state index in [4.69, 9.17) is 4.99 Å². The Balaban J connectivity index is 2.18. The lowest BCUT2D eigenvalue weighted by atomic mass is 9.86. The van der Waals surface area contributed by atoms with Crippen molar-refractivity contribution in [1.82, 2.24) is 0 Å². The average molecular weight is 350 g/mol. The number of phenols is 1. The number of likely N-dealkylation sites (N-methyl/N-ethyl adjacent to an activating group) is 1. The van der Waals surface area contributed by atoms with Crippen LogP contribution in [0.1, 0.15) is 51.3 Å². The quantitative estimate of drug-likeness (QED) is 0.879. The molecule has 3 rings (SSSR count). The molecule has 136 valence electrons. The second-order valence-corrected chi connectivity index (χ2v) is 7.76. The van der Waals surface area contributed by atoms with Crippen LogP contribution in [-0.2, 0) is 10.2 Å². The molecule has 4 heteroatoms. The van der Waals surface area contributed by atoms with Crippen LogP contribution in [0.2, 0.25) is 0 Å². The third-order valence-electron chi connectivity index (χ3n) is 4.81. The Bertz CT molecular complexity index is 861. The molecule has 26 heavy (non-hydrogen) atoms. The number of benzene rings is 2. The van der Waals surface area contributed by atoms with Crippen LogP contribution in [-0.4, -0.2) is 29.3 Å². The highest BCUT2D eigenvalue weighted by atomic mass is 16.3. The normalized spacial score (nSPS) is 17.6. The van der Waals surface area contributed by atoms with Crippen molar-refractivity contribution in [2.24, 2.45) is 4.99 Å². The molecule has 0 aliphatic carbocycles. The zero-order valence-corrected chi connectivity index (χ0v) is 16.1. The van der Waals surface area contributed by atoms with Crippen molar-refractivity contribution in [1.29, 1.82) is 0 Å². The number of phenolic OH excluding ortho intramolecular Hbond substituents is 1. The van der Waals surface area contributed by atoms with E-state index in [0.29, 0.717) is 6.54 Å². The summed E-state index contributed by atoms with van der Waals surface area (Å²) in [5.41, 5.74) is 4.58. The van der Waals surface area contributed by atoms with E-state index < -0.39 is 6.04 Å². The topological polar surface area (TPSA) is 52.9 Å². The number of aliphatic imine (C=N–C) groups is 1. The Morgan fingerprint density at radius 2 is 1.77 bits per heavy atom. The summed E-state index contributed by atoms with van der Waals surface area (Å²) >= 11 is 0. The molecule has 0 spiro atoms. The van der Waals surface area contributed by atoms with Gasteiger partial charge >= 0.3 is 0 Å². The molecule has 1 N–H and O–H groups in total. The molecule has 1 aliphatic rings. The molecule has 1 heterocycles. The molecule has 2 aromatic carbocycles. The first-order valence-electron chi connectivity index (χ1n) is 9.06. The molecule has 0 radical (unpaired) electrons. The van der Waals surface area contributed by atoms with Crippen molar-refractivity contribution in [3.05, 3.63) is 59.2 Å². The zero-order chi connectivity index (χ0) is 19.1. The molecule has 0 saturated heterocycles. The monoisotopic (exact) mass is 350 g/mol. The lowest BCUT2D eigenvalue weighted by Gasteiger charge is -2.23. The minimum absolute atomic E-state index is 0.0271. The molecule has 0 saturated carbocycles. The Morgan fingerprint density at radius 3 is 2.35 bits per heavy atom. The van der Waals surface area contributed by atoms with Crippen molar-refractivity contribution >= 4 is 17.3 Å². The van der Waals surface area contributed by atoms with E-state index >= 15 is 0 Å². The van der Waals surface area contributed by atoms with Crippen molar-refractivity contribution in [2.75, 3.05) is 11.4 Å². The SMILES string of the molecule is CCN1C(=O)[C@H](C)N=C(c2ccc(C(C)(C)C)cc2)c2cc(O)ccc21. The summed E-state index contributed by atoms with van der Waals surface area (Å²) < 4.78 is 0. The minimum Gasteiger partial charge on any atom is -0.508 e. The number of nitrogens with zero attached hydrogens (tertiary/aromatic N) is 2. The summed E-state index contributed by atoms with van der Waals surface area (Å²) in [7, 11) is 0. The van der Waals surface area contributed by atoms with Crippen LogP contribution in [0.15, 0.2) is 47.5 Å². The van der Waals surface area contributed by atoms with E-state index in [9.17, 15) is 9.90 Å². The highest BCUT2D eigenvalue weighted by Crippen LogP contribution is 2.32. The predicted octanol–water partition coefficient (Wildman–Crippen LogP) is 4.28. The van der Waals surface area contributed by atoms with Crippen LogP contribution in [0.4, 0.5) is 5.69 Å². The largest absolute Gasteiger partial charge is 0.508 e. The lowest BCUT2D eigenvalue weighted by Crippen LogP contribution is -2.36. The van der Waals surface area contributed by atoms with E-state index in [1.165, 1.54) is 5.56 Å². The number of benzodiazepines with no additional fused rings is 1. The van der Waals surface area contributed by atoms with Crippen molar-refractivity contribution in [2.45, 2.75) is 46.1 Å². The molecule has 1 aliphatic heterocycles. The number of anilines is 1. The predicted molar refractivity (Wildman–Crippen MR) is 106 cm³/mol. The van der Waals surface area contributed by atoms with Gasteiger partial charge in [0.05, 0.1) is 11.4 Å². The van der Waals surface area contributed by atoms with Crippen LogP contribution in [0.25, 0.3) is 0 Å². The van der Waals surface area contributed by atoms with E-state index in [-0.39, 0.29) is 17.1 Å². The number of carbonyl (C=O) groups is 1. The van der Waals surface area contributed by atoms with Gasteiger partial charge in [-0.3, -0.25) is 9.79 Å². The number of rotatable bonds is 2. The molecule has 2 aromatic rings. The number of carbonyl (C=O) groups excluding carboxylic acids is 1. The maximum absolute atomic E-state index is 12.7. The summed E-state index contributed by atoms with van der Waals surface area (Å²) in [5, 5.41) is 10.0. The third kappa shape index (κ3) is 3.24.